The third kappa shape index (κ3) is 3.70. The van der Waals surface area contributed by atoms with Gasteiger partial charge in [-0.15, -0.1) is 0 Å². The van der Waals surface area contributed by atoms with Gasteiger partial charge < -0.3 is 5.32 Å². The molecule has 2 rings (SSSR count). The van der Waals surface area contributed by atoms with Gasteiger partial charge in [-0.05, 0) is 36.5 Å². The van der Waals surface area contributed by atoms with Crippen LogP contribution in [-0.4, -0.2) is 15.0 Å². The Labute approximate surface area is 119 Å². The van der Waals surface area contributed by atoms with Crippen LogP contribution < -0.4 is 10.5 Å². The van der Waals surface area contributed by atoms with Crippen LogP contribution in [0.1, 0.15) is 39.0 Å². The summed E-state index contributed by atoms with van der Waals surface area (Å²) in [6, 6.07) is 3.71. The van der Waals surface area contributed by atoms with E-state index in [0.717, 1.165) is 18.9 Å². The predicted molar refractivity (Wildman–Crippen MR) is 77.5 cm³/mol. The van der Waals surface area contributed by atoms with Gasteiger partial charge >= 0.3 is 0 Å². The maximum Gasteiger partial charge on any atom is 0.238 e. The third-order valence-corrected chi connectivity index (χ3v) is 4.95. The van der Waals surface area contributed by atoms with Crippen molar-refractivity contribution in [3.8, 4) is 0 Å². The molecule has 1 saturated carbocycles. The van der Waals surface area contributed by atoms with Gasteiger partial charge in [0.05, 0.1) is 10.6 Å². The fraction of sp³-hybridized carbons (Fsp3) is 0.571. The summed E-state index contributed by atoms with van der Waals surface area (Å²) in [7, 11) is -3.86. The Bertz CT molecular complexity index is 581. The second kappa shape index (κ2) is 5.69. The van der Waals surface area contributed by atoms with E-state index < -0.39 is 15.8 Å². The molecule has 0 heterocycles. The molecular weight excluding hydrogens is 279 g/mol. The number of anilines is 1. The second-order valence-electron chi connectivity index (χ2n) is 5.91. The number of hydrogen-bond donors (Lipinski definition) is 2. The number of nitrogens with one attached hydrogen (secondary N) is 1. The van der Waals surface area contributed by atoms with Crippen molar-refractivity contribution in [2.24, 2.45) is 10.6 Å². The molecule has 0 spiro atoms. The lowest BCUT2D eigenvalue weighted by atomic mass is 9.76. The molecule has 0 radical (unpaired) electrons. The summed E-state index contributed by atoms with van der Waals surface area (Å²) in [5.74, 6) is -0.587. The zero-order valence-corrected chi connectivity index (χ0v) is 12.5. The van der Waals surface area contributed by atoms with Crippen molar-refractivity contribution in [2.45, 2.75) is 43.9 Å². The maximum absolute atomic E-state index is 13.9. The van der Waals surface area contributed by atoms with Crippen molar-refractivity contribution in [2.75, 3.05) is 11.9 Å². The van der Waals surface area contributed by atoms with E-state index in [1.54, 1.807) is 0 Å². The van der Waals surface area contributed by atoms with Gasteiger partial charge in [0.25, 0.3) is 0 Å². The number of halogens is 1. The fourth-order valence-corrected chi connectivity index (χ4v) is 3.23. The summed E-state index contributed by atoms with van der Waals surface area (Å²) >= 11 is 0. The minimum absolute atomic E-state index is 0.184. The normalized spacial score (nSPS) is 18.8. The standard InChI is InChI=1S/C14H21FN2O2S/c1-14(7-3-2-4-8-14)10-17-13-6-5-11(9-12(13)15)20(16,18)19/h5-6,9,17H,2-4,7-8,10H2,1H3,(H2,16,18,19). The van der Waals surface area contributed by atoms with Crippen molar-refractivity contribution >= 4 is 15.7 Å². The molecule has 3 N–H and O–H groups in total. The van der Waals surface area contributed by atoms with Crippen LogP contribution in [0.25, 0.3) is 0 Å². The lowest BCUT2D eigenvalue weighted by Gasteiger charge is -2.34. The van der Waals surface area contributed by atoms with Gasteiger partial charge in [-0.1, -0.05) is 26.2 Å². The largest absolute Gasteiger partial charge is 0.382 e. The van der Waals surface area contributed by atoms with E-state index in [1.807, 2.05) is 0 Å². The van der Waals surface area contributed by atoms with Crippen LogP contribution in [0.2, 0.25) is 0 Å². The molecule has 1 aromatic carbocycles. The maximum atomic E-state index is 13.9. The first-order valence-corrected chi connectivity index (χ1v) is 8.41. The van der Waals surface area contributed by atoms with E-state index >= 15 is 0 Å². The molecule has 1 aliphatic rings. The highest BCUT2D eigenvalue weighted by molar-refractivity contribution is 7.89. The predicted octanol–water partition coefficient (Wildman–Crippen LogP) is 2.86. The van der Waals surface area contributed by atoms with Gasteiger partial charge in [0.1, 0.15) is 5.82 Å². The Balaban J connectivity index is 2.07. The molecule has 0 aliphatic heterocycles. The van der Waals surface area contributed by atoms with Gasteiger partial charge in [0.15, 0.2) is 0 Å². The number of primary sulfonamides is 1. The van der Waals surface area contributed by atoms with Crippen LogP contribution in [0.5, 0.6) is 0 Å². The first-order valence-electron chi connectivity index (χ1n) is 6.86. The summed E-state index contributed by atoms with van der Waals surface area (Å²) in [5.41, 5.74) is 0.507. The van der Waals surface area contributed by atoms with Crippen LogP contribution in [0.3, 0.4) is 0 Å². The van der Waals surface area contributed by atoms with E-state index in [9.17, 15) is 12.8 Å². The van der Waals surface area contributed by atoms with Crippen LogP contribution >= 0.6 is 0 Å². The molecule has 112 valence electrons. The molecule has 0 unspecified atom stereocenters. The van der Waals surface area contributed by atoms with E-state index in [2.05, 4.69) is 12.2 Å². The van der Waals surface area contributed by atoms with Crippen molar-refractivity contribution in [1.29, 1.82) is 0 Å². The van der Waals surface area contributed by atoms with Crippen molar-refractivity contribution in [1.82, 2.24) is 0 Å². The monoisotopic (exact) mass is 300 g/mol. The molecule has 0 saturated heterocycles. The van der Waals surface area contributed by atoms with Crippen molar-refractivity contribution in [3.63, 3.8) is 0 Å². The Morgan fingerprint density at radius 2 is 1.95 bits per heavy atom. The molecule has 6 heteroatoms. The number of rotatable bonds is 4. The minimum atomic E-state index is -3.86. The van der Waals surface area contributed by atoms with E-state index in [0.29, 0.717) is 12.2 Å². The van der Waals surface area contributed by atoms with Crippen molar-refractivity contribution < 1.29 is 12.8 Å². The number of benzene rings is 1. The van der Waals surface area contributed by atoms with Crippen LogP contribution in [-0.2, 0) is 10.0 Å². The van der Waals surface area contributed by atoms with Gasteiger partial charge in [0.2, 0.25) is 10.0 Å². The average molecular weight is 300 g/mol. The second-order valence-corrected chi connectivity index (χ2v) is 7.47. The summed E-state index contributed by atoms with van der Waals surface area (Å²) in [6.45, 7) is 2.90. The van der Waals surface area contributed by atoms with Crippen molar-refractivity contribution in [3.05, 3.63) is 24.0 Å². The van der Waals surface area contributed by atoms with Gasteiger partial charge in [-0.25, -0.2) is 17.9 Å². The summed E-state index contributed by atoms with van der Waals surface area (Å²) in [5, 5.41) is 8.06. The minimum Gasteiger partial charge on any atom is -0.382 e. The highest BCUT2D eigenvalue weighted by Crippen LogP contribution is 2.36. The van der Waals surface area contributed by atoms with E-state index in [1.165, 1.54) is 31.4 Å². The molecule has 20 heavy (non-hydrogen) atoms. The summed E-state index contributed by atoms with van der Waals surface area (Å²) < 4.78 is 36.2. The fourth-order valence-electron chi connectivity index (χ4n) is 2.71. The zero-order valence-electron chi connectivity index (χ0n) is 11.7. The molecular formula is C14H21FN2O2S. The van der Waals surface area contributed by atoms with Crippen LogP contribution in [0.15, 0.2) is 23.1 Å². The Morgan fingerprint density at radius 3 is 2.50 bits per heavy atom. The molecule has 0 atom stereocenters. The van der Waals surface area contributed by atoms with Gasteiger partial charge in [-0.3, -0.25) is 0 Å². The third-order valence-electron chi connectivity index (χ3n) is 4.04. The zero-order chi connectivity index (χ0) is 14.8. The first kappa shape index (κ1) is 15.3. The number of sulfonamides is 1. The molecule has 1 aromatic rings. The van der Waals surface area contributed by atoms with Gasteiger partial charge in [0, 0.05) is 6.54 Å². The number of hydrogen-bond acceptors (Lipinski definition) is 3. The quantitative estimate of drug-likeness (QED) is 0.898. The Kier molecular flexibility index (Phi) is 4.34. The summed E-state index contributed by atoms with van der Waals surface area (Å²) in [4.78, 5) is -0.204. The van der Waals surface area contributed by atoms with E-state index in [-0.39, 0.29) is 10.3 Å². The topological polar surface area (TPSA) is 72.2 Å². The first-order chi connectivity index (χ1) is 9.30. The number of nitrogens with two attached hydrogens (primary N) is 1. The molecule has 4 nitrogen and oxygen atoms in total. The van der Waals surface area contributed by atoms with Crippen LogP contribution in [0.4, 0.5) is 10.1 Å². The molecule has 1 fully saturated rings. The average Bonchev–Trinajstić information content (AvgIpc) is 2.37. The molecule has 1 aliphatic carbocycles. The highest BCUT2D eigenvalue weighted by atomic mass is 32.2. The SMILES string of the molecule is CC1(CNc2ccc(S(N)(=O)=O)cc2F)CCCCC1. The van der Waals surface area contributed by atoms with Gasteiger partial charge in [-0.2, -0.15) is 0 Å². The van der Waals surface area contributed by atoms with Crippen LogP contribution in [0, 0.1) is 11.2 Å². The molecule has 0 amide bonds. The highest BCUT2D eigenvalue weighted by Gasteiger charge is 2.26. The molecule has 0 bridgehead atoms. The lowest BCUT2D eigenvalue weighted by Crippen LogP contribution is -2.29. The molecule has 0 aromatic heterocycles. The van der Waals surface area contributed by atoms with E-state index in [4.69, 9.17) is 5.14 Å². The lowest BCUT2D eigenvalue weighted by molar-refractivity contribution is 0.233. The summed E-state index contributed by atoms with van der Waals surface area (Å²) in [6.07, 6.45) is 5.97. The Hall–Kier alpha value is -1.14. The Morgan fingerprint density at radius 1 is 1.30 bits per heavy atom. The smallest absolute Gasteiger partial charge is 0.238 e.